The first-order valence-electron chi connectivity index (χ1n) is 7.85. The average Bonchev–Trinajstić information content (AvgIpc) is 2.47. The molecule has 1 aliphatic rings. The number of aliphatic hydroxyl groups is 1. The lowest BCUT2D eigenvalue weighted by Gasteiger charge is -2.39. The van der Waals surface area contributed by atoms with Crippen molar-refractivity contribution in [3.63, 3.8) is 0 Å². The van der Waals surface area contributed by atoms with Crippen molar-refractivity contribution in [2.24, 2.45) is 0 Å². The Morgan fingerprint density at radius 2 is 1.48 bits per heavy atom. The molecule has 0 spiro atoms. The van der Waals surface area contributed by atoms with E-state index >= 15 is 0 Å². The minimum absolute atomic E-state index is 0.00915. The van der Waals surface area contributed by atoms with E-state index in [0.717, 1.165) is 19.4 Å². The molecule has 0 amide bonds. The summed E-state index contributed by atoms with van der Waals surface area (Å²) in [5.41, 5.74) is 0. The second-order valence-electron chi connectivity index (χ2n) is 5.10. The molecule has 1 fully saturated rings. The van der Waals surface area contributed by atoms with Gasteiger partial charge in [-0.2, -0.15) is 0 Å². The van der Waals surface area contributed by atoms with E-state index in [4.69, 9.17) is 23.7 Å². The molecule has 1 aliphatic carbocycles. The number of methoxy groups -OCH3 is 1. The molecular formula is C15H30O6. The molecule has 0 aromatic rings. The third kappa shape index (κ3) is 8.09. The first-order chi connectivity index (χ1) is 10.3. The largest absolute Gasteiger partial charge is 0.390 e. The van der Waals surface area contributed by atoms with Crippen LogP contribution in [0.15, 0.2) is 0 Å². The molecule has 126 valence electrons. The second kappa shape index (κ2) is 12.3. The van der Waals surface area contributed by atoms with Gasteiger partial charge in [-0.3, -0.25) is 0 Å². The molecule has 0 aromatic heterocycles. The SMILES string of the molecule is CCCCOCCOCCOCCOC1CC(O)C1OC. The minimum atomic E-state index is -0.395. The maximum absolute atomic E-state index is 9.41. The van der Waals surface area contributed by atoms with Crippen LogP contribution in [0.3, 0.4) is 0 Å². The summed E-state index contributed by atoms with van der Waals surface area (Å²) in [4.78, 5) is 0. The van der Waals surface area contributed by atoms with Gasteiger partial charge in [0, 0.05) is 20.1 Å². The van der Waals surface area contributed by atoms with E-state index in [2.05, 4.69) is 6.92 Å². The van der Waals surface area contributed by atoms with Gasteiger partial charge in [-0.25, -0.2) is 0 Å². The van der Waals surface area contributed by atoms with Crippen LogP contribution in [0.5, 0.6) is 0 Å². The van der Waals surface area contributed by atoms with E-state index in [1.165, 1.54) is 0 Å². The summed E-state index contributed by atoms with van der Waals surface area (Å²) in [5.74, 6) is 0. The molecule has 3 unspecified atom stereocenters. The van der Waals surface area contributed by atoms with Gasteiger partial charge in [0.05, 0.1) is 51.8 Å². The molecule has 6 nitrogen and oxygen atoms in total. The fourth-order valence-electron chi connectivity index (χ4n) is 2.08. The van der Waals surface area contributed by atoms with Crippen molar-refractivity contribution in [3.05, 3.63) is 0 Å². The van der Waals surface area contributed by atoms with Crippen molar-refractivity contribution in [2.45, 2.75) is 44.5 Å². The third-order valence-electron chi connectivity index (χ3n) is 3.44. The van der Waals surface area contributed by atoms with E-state index in [-0.39, 0.29) is 12.2 Å². The van der Waals surface area contributed by atoms with Gasteiger partial charge >= 0.3 is 0 Å². The van der Waals surface area contributed by atoms with Gasteiger partial charge in [0.15, 0.2) is 0 Å². The van der Waals surface area contributed by atoms with Crippen LogP contribution in [0.2, 0.25) is 0 Å². The standard InChI is InChI=1S/C15H30O6/c1-3-4-5-18-6-7-19-8-9-20-10-11-21-14-12-13(16)15(14)17-2/h13-16H,3-12H2,1-2H3. The van der Waals surface area contributed by atoms with E-state index in [1.54, 1.807) is 7.11 Å². The lowest BCUT2D eigenvalue weighted by atomic mass is 9.88. The van der Waals surface area contributed by atoms with E-state index in [9.17, 15) is 5.11 Å². The van der Waals surface area contributed by atoms with Crippen LogP contribution in [-0.4, -0.2) is 76.8 Å². The molecule has 0 bridgehead atoms. The number of rotatable bonds is 14. The Morgan fingerprint density at radius 3 is 2.00 bits per heavy atom. The summed E-state index contributed by atoms with van der Waals surface area (Å²) in [7, 11) is 1.59. The molecule has 0 saturated heterocycles. The predicted octanol–water partition coefficient (Wildman–Crippen LogP) is 1.00. The molecule has 3 atom stereocenters. The van der Waals surface area contributed by atoms with Gasteiger partial charge in [0.2, 0.25) is 0 Å². The van der Waals surface area contributed by atoms with Gasteiger partial charge in [-0.05, 0) is 6.42 Å². The molecule has 0 aromatic carbocycles. The van der Waals surface area contributed by atoms with Crippen molar-refractivity contribution >= 4 is 0 Å². The van der Waals surface area contributed by atoms with Crippen molar-refractivity contribution in [2.75, 3.05) is 53.4 Å². The Labute approximate surface area is 127 Å². The smallest absolute Gasteiger partial charge is 0.109 e. The van der Waals surface area contributed by atoms with Crippen molar-refractivity contribution in [3.8, 4) is 0 Å². The van der Waals surface area contributed by atoms with Gasteiger partial charge in [0.1, 0.15) is 6.10 Å². The molecular weight excluding hydrogens is 276 g/mol. The van der Waals surface area contributed by atoms with E-state index in [0.29, 0.717) is 46.1 Å². The summed E-state index contributed by atoms with van der Waals surface area (Å²) in [6.07, 6.45) is 2.30. The molecule has 0 radical (unpaired) electrons. The Kier molecular flexibility index (Phi) is 11.0. The first-order valence-corrected chi connectivity index (χ1v) is 7.85. The number of hydrogen-bond donors (Lipinski definition) is 1. The first kappa shape index (κ1) is 18.8. The maximum atomic E-state index is 9.41. The van der Waals surface area contributed by atoms with Crippen LogP contribution in [-0.2, 0) is 23.7 Å². The number of unbranched alkanes of at least 4 members (excludes halogenated alkanes) is 1. The lowest BCUT2D eigenvalue weighted by Crippen LogP contribution is -2.53. The van der Waals surface area contributed by atoms with Crippen LogP contribution >= 0.6 is 0 Å². The molecule has 0 heterocycles. The topological polar surface area (TPSA) is 66.4 Å². The van der Waals surface area contributed by atoms with E-state index < -0.39 is 6.10 Å². The monoisotopic (exact) mass is 306 g/mol. The fraction of sp³-hybridized carbons (Fsp3) is 1.00. The molecule has 21 heavy (non-hydrogen) atoms. The quantitative estimate of drug-likeness (QED) is 0.483. The minimum Gasteiger partial charge on any atom is -0.390 e. The number of hydrogen-bond acceptors (Lipinski definition) is 6. The Morgan fingerprint density at radius 1 is 0.905 bits per heavy atom. The molecule has 6 heteroatoms. The highest BCUT2D eigenvalue weighted by molar-refractivity contribution is 4.91. The summed E-state index contributed by atoms with van der Waals surface area (Å²) in [6.45, 7) is 6.37. The van der Waals surface area contributed by atoms with Gasteiger partial charge in [-0.1, -0.05) is 13.3 Å². The summed E-state index contributed by atoms with van der Waals surface area (Å²) < 4.78 is 26.8. The predicted molar refractivity (Wildman–Crippen MR) is 78.5 cm³/mol. The summed E-state index contributed by atoms with van der Waals surface area (Å²) in [5, 5.41) is 9.41. The van der Waals surface area contributed by atoms with Gasteiger partial charge in [0.25, 0.3) is 0 Å². The Bertz CT molecular complexity index is 238. The molecule has 0 aliphatic heterocycles. The van der Waals surface area contributed by atoms with Crippen molar-refractivity contribution in [1.29, 1.82) is 0 Å². The van der Waals surface area contributed by atoms with Crippen LogP contribution in [0.4, 0.5) is 0 Å². The highest BCUT2D eigenvalue weighted by Gasteiger charge is 2.40. The highest BCUT2D eigenvalue weighted by atomic mass is 16.6. The zero-order valence-electron chi connectivity index (χ0n) is 13.3. The third-order valence-corrected chi connectivity index (χ3v) is 3.44. The van der Waals surface area contributed by atoms with Crippen molar-refractivity contribution in [1.82, 2.24) is 0 Å². The fourth-order valence-corrected chi connectivity index (χ4v) is 2.08. The van der Waals surface area contributed by atoms with Gasteiger partial charge < -0.3 is 28.8 Å². The van der Waals surface area contributed by atoms with E-state index in [1.807, 2.05) is 0 Å². The Balaban J connectivity index is 1.75. The Hall–Kier alpha value is -0.240. The second-order valence-corrected chi connectivity index (χ2v) is 5.10. The summed E-state index contributed by atoms with van der Waals surface area (Å²) in [6, 6.07) is 0. The van der Waals surface area contributed by atoms with Crippen LogP contribution in [0, 0.1) is 0 Å². The van der Waals surface area contributed by atoms with Gasteiger partial charge in [-0.15, -0.1) is 0 Å². The zero-order chi connectivity index (χ0) is 15.3. The highest BCUT2D eigenvalue weighted by Crippen LogP contribution is 2.26. The zero-order valence-corrected chi connectivity index (χ0v) is 13.3. The number of aliphatic hydroxyl groups excluding tert-OH is 1. The van der Waals surface area contributed by atoms with Crippen LogP contribution < -0.4 is 0 Å². The number of ether oxygens (including phenoxy) is 5. The molecule has 1 N–H and O–H groups in total. The van der Waals surface area contributed by atoms with Crippen LogP contribution in [0.1, 0.15) is 26.2 Å². The normalized spacial score (nSPS) is 25.0. The maximum Gasteiger partial charge on any atom is 0.109 e. The van der Waals surface area contributed by atoms with Crippen LogP contribution in [0.25, 0.3) is 0 Å². The molecule has 1 saturated carbocycles. The average molecular weight is 306 g/mol. The lowest BCUT2D eigenvalue weighted by molar-refractivity contribution is -0.185. The molecule has 1 rings (SSSR count). The van der Waals surface area contributed by atoms with Crippen molar-refractivity contribution < 1.29 is 28.8 Å². The summed E-state index contributed by atoms with van der Waals surface area (Å²) >= 11 is 0.